The van der Waals surface area contributed by atoms with E-state index in [1.165, 1.54) is 0 Å². The lowest BCUT2D eigenvalue weighted by molar-refractivity contribution is -0.105. The summed E-state index contributed by atoms with van der Waals surface area (Å²) in [5, 5.41) is 11.7. The van der Waals surface area contributed by atoms with Crippen molar-refractivity contribution in [3.63, 3.8) is 0 Å². The van der Waals surface area contributed by atoms with Crippen molar-refractivity contribution >= 4 is 23.7 Å². The van der Waals surface area contributed by atoms with E-state index >= 15 is 0 Å². The minimum Gasteiger partial charge on any atom is -0.491 e. The number of unbranched alkanes of at least 4 members (excludes halogenated alkanes) is 1. The first kappa shape index (κ1) is 12.8. The maximum Gasteiger partial charge on any atom is 0.211 e. The number of carbonyl (C=O) groups is 1. The zero-order valence-corrected chi connectivity index (χ0v) is 9.54. The molecule has 0 aliphatic heterocycles. The van der Waals surface area contributed by atoms with E-state index in [0.717, 1.165) is 6.42 Å². The minimum atomic E-state index is 0.156. The second-order valence-electron chi connectivity index (χ2n) is 3.18. The number of carbonyl (C=O) groups excluding carboxylic acids is 1. The molecule has 0 spiro atoms. The van der Waals surface area contributed by atoms with E-state index in [0.29, 0.717) is 35.9 Å². The van der Waals surface area contributed by atoms with Crippen LogP contribution in [0.5, 0.6) is 5.75 Å². The van der Waals surface area contributed by atoms with E-state index in [9.17, 15) is 4.79 Å². The van der Waals surface area contributed by atoms with E-state index < -0.39 is 0 Å². The van der Waals surface area contributed by atoms with Gasteiger partial charge in [0, 0.05) is 11.6 Å². The summed E-state index contributed by atoms with van der Waals surface area (Å²) in [4.78, 5) is 10.4. The van der Waals surface area contributed by atoms with E-state index in [1.54, 1.807) is 18.2 Å². The Hall–Kier alpha value is -1.26. The van der Waals surface area contributed by atoms with Crippen LogP contribution < -0.4 is 10.1 Å². The van der Waals surface area contributed by atoms with Gasteiger partial charge in [0.2, 0.25) is 6.41 Å². The van der Waals surface area contributed by atoms with Gasteiger partial charge in [-0.2, -0.15) is 0 Å². The number of rotatable bonds is 7. The SMILES string of the molecule is O=CNc1cc(Cl)ccc1OCCCCO. The molecule has 1 rings (SSSR count). The number of benzene rings is 1. The third-order valence-electron chi connectivity index (χ3n) is 1.97. The van der Waals surface area contributed by atoms with Gasteiger partial charge in [0.05, 0.1) is 12.3 Å². The molecule has 0 aliphatic carbocycles. The molecule has 88 valence electrons. The Balaban J connectivity index is 2.59. The molecule has 0 atom stereocenters. The molecule has 0 aromatic heterocycles. The van der Waals surface area contributed by atoms with Crippen LogP contribution in [0.4, 0.5) is 5.69 Å². The molecule has 0 saturated carbocycles. The molecule has 0 fully saturated rings. The van der Waals surface area contributed by atoms with Crippen LogP contribution in [0.25, 0.3) is 0 Å². The monoisotopic (exact) mass is 243 g/mol. The summed E-state index contributed by atoms with van der Waals surface area (Å²) >= 11 is 5.79. The quantitative estimate of drug-likeness (QED) is 0.569. The Labute approximate surface area is 99.2 Å². The van der Waals surface area contributed by atoms with E-state index in [1.807, 2.05) is 0 Å². The smallest absolute Gasteiger partial charge is 0.211 e. The first-order valence-electron chi connectivity index (χ1n) is 5.01. The van der Waals surface area contributed by atoms with E-state index in [2.05, 4.69) is 5.32 Å². The molecule has 0 unspecified atom stereocenters. The van der Waals surface area contributed by atoms with Gasteiger partial charge in [-0.15, -0.1) is 0 Å². The molecule has 1 aromatic carbocycles. The lowest BCUT2D eigenvalue weighted by Gasteiger charge is -2.10. The highest BCUT2D eigenvalue weighted by molar-refractivity contribution is 6.31. The number of hydrogen-bond acceptors (Lipinski definition) is 3. The predicted molar refractivity (Wildman–Crippen MR) is 63.0 cm³/mol. The molecule has 16 heavy (non-hydrogen) atoms. The summed E-state index contributed by atoms with van der Waals surface area (Å²) in [6.07, 6.45) is 2.04. The van der Waals surface area contributed by atoms with Crippen molar-refractivity contribution in [2.24, 2.45) is 0 Å². The Kier molecular flexibility index (Phi) is 5.67. The molecule has 4 nitrogen and oxygen atoms in total. The molecule has 1 amide bonds. The zero-order chi connectivity index (χ0) is 11.8. The Bertz CT molecular complexity index is 344. The largest absolute Gasteiger partial charge is 0.491 e. The maximum absolute atomic E-state index is 10.4. The fourth-order valence-corrected chi connectivity index (χ4v) is 1.37. The van der Waals surface area contributed by atoms with Gasteiger partial charge in [0.15, 0.2) is 0 Å². The second-order valence-corrected chi connectivity index (χ2v) is 3.62. The van der Waals surface area contributed by atoms with Crippen LogP contribution in [0.15, 0.2) is 18.2 Å². The summed E-state index contributed by atoms with van der Waals surface area (Å²) in [6, 6.07) is 5.02. The third-order valence-corrected chi connectivity index (χ3v) is 2.20. The first-order chi connectivity index (χ1) is 7.77. The highest BCUT2D eigenvalue weighted by Crippen LogP contribution is 2.27. The van der Waals surface area contributed by atoms with Crippen LogP contribution in [-0.4, -0.2) is 24.7 Å². The standard InChI is InChI=1S/C11H14ClNO3/c12-9-3-4-11(10(7-9)13-8-15)16-6-2-1-5-14/h3-4,7-8,14H,1-2,5-6H2,(H,13,15). The highest BCUT2D eigenvalue weighted by Gasteiger charge is 2.03. The third kappa shape index (κ3) is 4.08. The van der Waals surface area contributed by atoms with Gasteiger partial charge in [-0.3, -0.25) is 4.79 Å². The lowest BCUT2D eigenvalue weighted by atomic mass is 10.3. The Morgan fingerprint density at radius 1 is 1.44 bits per heavy atom. The highest BCUT2D eigenvalue weighted by atomic mass is 35.5. The molecule has 0 heterocycles. The van der Waals surface area contributed by atoms with Crippen molar-refractivity contribution in [1.29, 1.82) is 0 Å². The fraction of sp³-hybridized carbons (Fsp3) is 0.364. The van der Waals surface area contributed by atoms with E-state index in [4.69, 9.17) is 21.4 Å². The lowest BCUT2D eigenvalue weighted by Crippen LogP contribution is -2.02. The summed E-state index contributed by atoms with van der Waals surface area (Å²) < 4.78 is 5.46. The van der Waals surface area contributed by atoms with Gasteiger partial charge in [-0.05, 0) is 31.0 Å². The van der Waals surface area contributed by atoms with Crippen molar-refractivity contribution in [3.8, 4) is 5.75 Å². The van der Waals surface area contributed by atoms with Gasteiger partial charge in [0.1, 0.15) is 5.75 Å². The molecule has 5 heteroatoms. The normalized spacial score (nSPS) is 9.88. The van der Waals surface area contributed by atoms with Crippen molar-refractivity contribution in [2.45, 2.75) is 12.8 Å². The first-order valence-corrected chi connectivity index (χ1v) is 5.39. The van der Waals surface area contributed by atoms with Gasteiger partial charge in [-0.25, -0.2) is 0 Å². The number of aliphatic hydroxyl groups is 1. The summed E-state index contributed by atoms with van der Waals surface area (Å²) in [5.41, 5.74) is 0.548. The fourth-order valence-electron chi connectivity index (χ4n) is 1.20. The molecule has 0 radical (unpaired) electrons. The van der Waals surface area contributed by atoms with Crippen LogP contribution in [0.3, 0.4) is 0 Å². The molecule has 0 saturated heterocycles. The number of hydrogen-bond donors (Lipinski definition) is 2. The number of nitrogens with one attached hydrogen (secondary N) is 1. The van der Waals surface area contributed by atoms with Gasteiger partial charge >= 0.3 is 0 Å². The Morgan fingerprint density at radius 2 is 2.25 bits per heavy atom. The molecule has 1 aromatic rings. The number of halogens is 1. The molecule has 0 aliphatic rings. The zero-order valence-electron chi connectivity index (χ0n) is 8.78. The van der Waals surface area contributed by atoms with Crippen molar-refractivity contribution in [3.05, 3.63) is 23.2 Å². The number of amides is 1. The van der Waals surface area contributed by atoms with Crippen LogP contribution in [0, 0.1) is 0 Å². The number of anilines is 1. The summed E-state index contributed by atoms with van der Waals surface area (Å²) in [7, 11) is 0. The summed E-state index contributed by atoms with van der Waals surface area (Å²) in [5.74, 6) is 0.578. The van der Waals surface area contributed by atoms with Gasteiger partial charge in [0.25, 0.3) is 0 Å². The molecule has 2 N–H and O–H groups in total. The van der Waals surface area contributed by atoms with Gasteiger partial charge in [-0.1, -0.05) is 11.6 Å². The topological polar surface area (TPSA) is 58.6 Å². The Morgan fingerprint density at radius 3 is 2.94 bits per heavy atom. The van der Waals surface area contributed by atoms with Crippen LogP contribution in [-0.2, 0) is 4.79 Å². The summed E-state index contributed by atoms with van der Waals surface area (Å²) in [6.45, 7) is 0.652. The van der Waals surface area contributed by atoms with Gasteiger partial charge < -0.3 is 15.2 Å². The molecular weight excluding hydrogens is 230 g/mol. The second kappa shape index (κ2) is 7.09. The molecule has 0 bridgehead atoms. The van der Waals surface area contributed by atoms with Crippen LogP contribution in [0.1, 0.15) is 12.8 Å². The molecular formula is C11H14ClNO3. The van der Waals surface area contributed by atoms with Crippen molar-refractivity contribution in [2.75, 3.05) is 18.5 Å². The van der Waals surface area contributed by atoms with Crippen molar-refractivity contribution in [1.82, 2.24) is 0 Å². The van der Waals surface area contributed by atoms with Crippen molar-refractivity contribution < 1.29 is 14.6 Å². The number of aliphatic hydroxyl groups excluding tert-OH is 1. The number of ether oxygens (including phenoxy) is 1. The van der Waals surface area contributed by atoms with Crippen LogP contribution in [0.2, 0.25) is 5.02 Å². The predicted octanol–water partition coefficient (Wildman–Crippen LogP) is 2.06. The minimum absolute atomic E-state index is 0.156. The van der Waals surface area contributed by atoms with E-state index in [-0.39, 0.29) is 6.61 Å². The average molecular weight is 244 g/mol. The average Bonchev–Trinajstić information content (AvgIpc) is 2.27. The maximum atomic E-state index is 10.4. The van der Waals surface area contributed by atoms with Crippen LogP contribution >= 0.6 is 11.6 Å².